The normalized spacial score (nSPS) is 25.9. The summed E-state index contributed by atoms with van der Waals surface area (Å²) in [5, 5.41) is 9.96. The number of rotatable bonds is 3. The molecule has 2 N–H and O–H groups in total. The highest BCUT2D eigenvalue weighted by atomic mass is 16.2. The monoisotopic (exact) mass is 281 g/mol. The number of amides is 1. The van der Waals surface area contributed by atoms with E-state index in [2.05, 4.69) is 39.8 Å². The number of aromatic amines is 1. The van der Waals surface area contributed by atoms with Crippen LogP contribution in [0.25, 0.3) is 0 Å². The summed E-state index contributed by atoms with van der Waals surface area (Å²) in [4.78, 5) is 12.4. The van der Waals surface area contributed by atoms with Gasteiger partial charge < -0.3 is 5.32 Å². The lowest BCUT2D eigenvalue weighted by Gasteiger charge is -2.13. The third-order valence-electron chi connectivity index (χ3n) is 5.02. The molecule has 2 aliphatic rings. The van der Waals surface area contributed by atoms with Crippen LogP contribution in [0.1, 0.15) is 34.7 Å². The summed E-state index contributed by atoms with van der Waals surface area (Å²) in [5.74, 6) is 1.36. The van der Waals surface area contributed by atoms with Crippen molar-refractivity contribution < 1.29 is 4.79 Å². The fourth-order valence-corrected chi connectivity index (χ4v) is 3.78. The highest BCUT2D eigenvalue weighted by molar-refractivity contribution is 5.84. The number of carbonyl (C=O) groups is 1. The summed E-state index contributed by atoms with van der Waals surface area (Å²) in [6, 6.07) is 8.58. The van der Waals surface area contributed by atoms with E-state index in [0.717, 1.165) is 24.1 Å². The Balaban J connectivity index is 1.45. The SMILES string of the molecule is Cc1[nH]ncc1CNC(=O)C1C2CCc3ccccc3C21. The molecule has 21 heavy (non-hydrogen) atoms. The number of fused-ring (bicyclic) bond motifs is 3. The maximum Gasteiger partial charge on any atom is 0.224 e. The molecule has 3 unspecified atom stereocenters. The number of benzene rings is 1. The zero-order chi connectivity index (χ0) is 14.4. The van der Waals surface area contributed by atoms with Crippen molar-refractivity contribution in [2.24, 2.45) is 11.8 Å². The number of hydrogen-bond acceptors (Lipinski definition) is 2. The quantitative estimate of drug-likeness (QED) is 0.907. The number of aryl methyl sites for hydroxylation is 2. The Morgan fingerprint density at radius 2 is 2.29 bits per heavy atom. The molecular formula is C17H19N3O. The van der Waals surface area contributed by atoms with Crippen LogP contribution in [0.4, 0.5) is 0 Å². The molecule has 108 valence electrons. The predicted octanol–water partition coefficient (Wildman–Crippen LogP) is 2.31. The van der Waals surface area contributed by atoms with Crippen LogP contribution < -0.4 is 5.32 Å². The van der Waals surface area contributed by atoms with E-state index in [1.54, 1.807) is 6.20 Å². The Morgan fingerprint density at radius 3 is 3.10 bits per heavy atom. The Kier molecular flexibility index (Phi) is 2.84. The average molecular weight is 281 g/mol. The van der Waals surface area contributed by atoms with Crippen molar-refractivity contribution in [2.75, 3.05) is 0 Å². The van der Waals surface area contributed by atoms with E-state index in [1.165, 1.54) is 11.1 Å². The first kappa shape index (κ1) is 12.6. The van der Waals surface area contributed by atoms with Crippen LogP contribution in [0.3, 0.4) is 0 Å². The molecule has 2 aromatic rings. The minimum Gasteiger partial charge on any atom is -0.352 e. The highest BCUT2D eigenvalue weighted by Gasteiger charge is 2.56. The van der Waals surface area contributed by atoms with Gasteiger partial charge in [0, 0.05) is 23.7 Å². The zero-order valence-corrected chi connectivity index (χ0v) is 12.1. The summed E-state index contributed by atoms with van der Waals surface area (Å²) in [6.45, 7) is 2.54. The Bertz CT molecular complexity index is 691. The minimum atomic E-state index is 0.167. The van der Waals surface area contributed by atoms with Gasteiger partial charge >= 0.3 is 0 Å². The molecule has 0 radical (unpaired) electrons. The third-order valence-corrected chi connectivity index (χ3v) is 5.02. The number of hydrogen-bond donors (Lipinski definition) is 2. The molecule has 3 atom stereocenters. The van der Waals surface area contributed by atoms with Gasteiger partial charge in [-0.25, -0.2) is 0 Å². The predicted molar refractivity (Wildman–Crippen MR) is 79.7 cm³/mol. The average Bonchev–Trinajstić information content (AvgIpc) is 3.12. The summed E-state index contributed by atoms with van der Waals surface area (Å²) < 4.78 is 0. The molecule has 4 heteroatoms. The van der Waals surface area contributed by atoms with Crippen molar-refractivity contribution in [2.45, 2.75) is 32.2 Å². The summed E-state index contributed by atoms with van der Waals surface area (Å²) >= 11 is 0. The molecular weight excluding hydrogens is 262 g/mol. The Morgan fingerprint density at radius 1 is 1.43 bits per heavy atom. The molecule has 1 aromatic heterocycles. The van der Waals surface area contributed by atoms with E-state index in [1.807, 2.05) is 6.92 Å². The molecule has 0 spiro atoms. The van der Waals surface area contributed by atoms with Gasteiger partial charge in [0.05, 0.1) is 6.20 Å². The van der Waals surface area contributed by atoms with Gasteiger partial charge in [-0.05, 0) is 42.7 Å². The van der Waals surface area contributed by atoms with Gasteiger partial charge in [0.15, 0.2) is 0 Å². The van der Waals surface area contributed by atoms with E-state index in [9.17, 15) is 4.79 Å². The first-order valence-corrected chi connectivity index (χ1v) is 7.60. The minimum absolute atomic E-state index is 0.167. The van der Waals surface area contributed by atoms with E-state index in [0.29, 0.717) is 18.4 Å². The maximum atomic E-state index is 12.4. The summed E-state index contributed by atoms with van der Waals surface area (Å²) in [6.07, 6.45) is 4.04. The molecule has 1 saturated carbocycles. The van der Waals surface area contributed by atoms with Gasteiger partial charge in [0.25, 0.3) is 0 Å². The van der Waals surface area contributed by atoms with Gasteiger partial charge in [-0.1, -0.05) is 24.3 Å². The molecule has 1 amide bonds. The van der Waals surface area contributed by atoms with Crippen LogP contribution in [-0.4, -0.2) is 16.1 Å². The van der Waals surface area contributed by atoms with Crippen LogP contribution in [0.15, 0.2) is 30.5 Å². The second kappa shape index (κ2) is 4.72. The van der Waals surface area contributed by atoms with Crippen LogP contribution in [0.5, 0.6) is 0 Å². The van der Waals surface area contributed by atoms with E-state index in [-0.39, 0.29) is 11.8 Å². The van der Waals surface area contributed by atoms with Crippen molar-refractivity contribution >= 4 is 5.91 Å². The van der Waals surface area contributed by atoms with Crippen molar-refractivity contribution in [1.29, 1.82) is 0 Å². The van der Waals surface area contributed by atoms with E-state index < -0.39 is 0 Å². The fourth-order valence-electron chi connectivity index (χ4n) is 3.78. The molecule has 1 aromatic carbocycles. The summed E-state index contributed by atoms with van der Waals surface area (Å²) in [5.41, 5.74) is 4.91. The van der Waals surface area contributed by atoms with E-state index in [4.69, 9.17) is 0 Å². The van der Waals surface area contributed by atoms with Crippen molar-refractivity contribution in [1.82, 2.24) is 15.5 Å². The third kappa shape index (κ3) is 2.06. The molecule has 4 nitrogen and oxygen atoms in total. The zero-order valence-electron chi connectivity index (χ0n) is 12.1. The van der Waals surface area contributed by atoms with Gasteiger partial charge in [-0.15, -0.1) is 0 Å². The number of nitrogens with one attached hydrogen (secondary N) is 2. The lowest BCUT2D eigenvalue weighted by Crippen LogP contribution is -2.25. The topological polar surface area (TPSA) is 57.8 Å². The Labute approximate surface area is 124 Å². The Hall–Kier alpha value is -2.10. The number of H-pyrrole nitrogens is 1. The van der Waals surface area contributed by atoms with Crippen LogP contribution in [-0.2, 0) is 17.8 Å². The first-order chi connectivity index (χ1) is 10.3. The second-order valence-corrected chi connectivity index (χ2v) is 6.19. The van der Waals surface area contributed by atoms with Gasteiger partial charge in [0.2, 0.25) is 5.91 Å². The van der Waals surface area contributed by atoms with Crippen LogP contribution in [0.2, 0.25) is 0 Å². The summed E-state index contributed by atoms with van der Waals surface area (Å²) in [7, 11) is 0. The highest BCUT2D eigenvalue weighted by Crippen LogP contribution is 2.59. The number of aromatic nitrogens is 2. The van der Waals surface area contributed by atoms with Crippen LogP contribution >= 0.6 is 0 Å². The molecule has 0 saturated heterocycles. The van der Waals surface area contributed by atoms with E-state index >= 15 is 0 Å². The molecule has 1 fully saturated rings. The number of nitrogens with zero attached hydrogens (tertiary/aromatic N) is 1. The van der Waals surface area contributed by atoms with Crippen molar-refractivity contribution in [3.8, 4) is 0 Å². The first-order valence-electron chi connectivity index (χ1n) is 7.60. The molecule has 1 heterocycles. The van der Waals surface area contributed by atoms with Crippen molar-refractivity contribution in [3.05, 3.63) is 52.8 Å². The lowest BCUT2D eigenvalue weighted by atomic mass is 9.92. The van der Waals surface area contributed by atoms with Gasteiger partial charge in [0.1, 0.15) is 0 Å². The molecule has 2 aliphatic carbocycles. The molecule has 4 rings (SSSR count). The standard InChI is InChI=1S/C17H19N3O/c1-10-12(9-19-20-10)8-18-17(21)16-14-7-6-11-4-2-3-5-13(11)15(14)16/h2-5,9,14-16H,6-8H2,1H3,(H,18,21)(H,19,20). The lowest BCUT2D eigenvalue weighted by molar-refractivity contribution is -0.122. The van der Waals surface area contributed by atoms with Gasteiger partial charge in [-0.2, -0.15) is 5.10 Å². The smallest absolute Gasteiger partial charge is 0.224 e. The maximum absolute atomic E-state index is 12.4. The van der Waals surface area contributed by atoms with Gasteiger partial charge in [-0.3, -0.25) is 9.89 Å². The fraction of sp³-hybridized carbons (Fsp3) is 0.412. The number of carbonyl (C=O) groups excluding carboxylic acids is 1. The second-order valence-electron chi connectivity index (χ2n) is 6.19. The van der Waals surface area contributed by atoms with Crippen LogP contribution in [0, 0.1) is 18.8 Å². The molecule has 0 aliphatic heterocycles. The largest absolute Gasteiger partial charge is 0.352 e. The van der Waals surface area contributed by atoms with Crippen molar-refractivity contribution in [3.63, 3.8) is 0 Å². The molecule has 0 bridgehead atoms.